The zero-order chi connectivity index (χ0) is 15.6. The molecule has 1 amide bonds. The topological polar surface area (TPSA) is 84.6 Å². The molecular formula is C15H18N2O4S. The first kappa shape index (κ1) is 15.2. The summed E-state index contributed by atoms with van der Waals surface area (Å²) >= 11 is 1.43. The standard InChI is InChI=1S/C15H18N2O4S/c1-15(19,12-5-3-7-21-12)9-16-13(18)10-8-22-14(17-10)11-4-2-6-20-11/h3,5,7-8,11,19H,2,4,6,9H2,1H3,(H,16,18). The smallest absolute Gasteiger partial charge is 0.270 e. The highest BCUT2D eigenvalue weighted by Gasteiger charge is 2.28. The van der Waals surface area contributed by atoms with Gasteiger partial charge in [0.05, 0.1) is 12.8 Å². The third-order valence-corrected chi connectivity index (χ3v) is 4.54. The fourth-order valence-electron chi connectivity index (χ4n) is 2.33. The molecule has 7 heteroatoms. The van der Waals surface area contributed by atoms with Crippen LogP contribution in [0.1, 0.15) is 47.1 Å². The molecule has 2 N–H and O–H groups in total. The molecule has 3 heterocycles. The fraction of sp³-hybridized carbons (Fsp3) is 0.467. The van der Waals surface area contributed by atoms with E-state index in [-0.39, 0.29) is 18.6 Å². The molecule has 2 aromatic rings. The van der Waals surface area contributed by atoms with Crippen molar-refractivity contribution in [1.82, 2.24) is 10.3 Å². The average molecular weight is 322 g/mol. The van der Waals surface area contributed by atoms with Crippen LogP contribution in [-0.2, 0) is 10.3 Å². The van der Waals surface area contributed by atoms with Crippen molar-refractivity contribution in [3.63, 3.8) is 0 Å². The van der Waals surface area contributed by atoms with Gasteiger partial charge in [0, 0.05) is 12.0 Å². The summed E-state index contributed by atoms with van der Waals surface area (Å²) in [5, 5.41) is 15.5. The van der Waals surface area contributed by atoms with E-state index in [9.17, 15) is 9.90 Å². The first-order valence-corrected chi connectivity index (χ1v) is 8.06. The lowest BCUT2D eigenvalue weighted by Crippen LogP contribution is -2.38. The van der Waals surface area contributed by atoms with E-state index < -0.39 is 5.60 Å². The van der Waals surface area contributed by atoms with Crippen LogP contribution < -0.4 is 5.32 Å². The van der Waals surface area contributed by atoms with Crippen molar-refractivity contribution >= 4 is 17.2 Å². The van der Waals surface area contributed by atoms with E-state index in [2.05, 4.69) is 10.3 Å². The Hall–Kier alpha value is -1.70. The van der Waals surface area contributed by atoms with Crippen LogP contribution in [-0.4, -0.2) is 29.1 Å². The highest BCUT2D eigenvalue weighted by Crippen LogP contribution is 2.30. The fourth-order valence-corrected chi connectivity index (χ4v) is 3.21. The molecule has 1 aliphatic heterocycles. The van der Waals surface area contributed by atoms with E-state index in [1.165, 1.54) is 17.6 Å². The maximum atomic E-state index is 12.1. The lowest BCUT2D eigenvalue weighted by molar-refractivity contribution is 0.0329. The Bertz CT molecular complexity index is 630. The van der Waals surface area contributed by atoms with Gasteiger partial charge in [-0.25, -0.2) is 4.98 Å². The van der Waals surface area contributed by atoms with E-state index in [1.807, 2.05) is 0 Å². The van der Waals surface area contributed by atoms with E-state index in [0.29, 0.717) is 11.5 Å². The zero-order valence-corrected chi connectivity index (χ0v) is 13.1. The predicted octanol–water partition coefficient (Wildman–Crippen LogP) is 2.23. The largest absolute Gasteiger partial charge is 0.466 e. The minimum absolute atomic E-state index is 0.0118. The maximum absolute atomic E-state index is 12.1. The van der Waals surface area contributed by atoms with Crippen LogP contribution in [0.4, 0.5) is 0 Å². The van der Waals surface area contributed by atoms with Gasteiger partial charge in [0.1, 0.15) is 28.2 Å². The summed E-state index contributed by atoms with van der Waals surface area (Å²) in [6.07, 6.45) is 3.47. The van der Waals surface area contributed by atoms with Crippen LogP contribution >= 0.6 is 11.3 Å². The number of ether oxygens (including phenoxy) is 1. The van der Waals surface area contributed by atoms with Crippen molar-refractivity contribution in [3.05, 3.63) is 40.2 Å². The minimum Gasteiger partial charge on any atom is -0.466 e. The second-order valence-corrected chi connectivity index (χ2v) is 6.40. The van der Waals surface area contributed by atoms with Gasteiger partial charge < -0.3 is 19.6 Å². The van der Waals surface area contributed by atoms with Gasteiger partial charge in [-0.2, -0.15) is 0 Å². The third kappa shape index (κ3) is 3.21. The summed E-state index contributed by atoms with van der Waals surface area (Å²) in [7, 11) is 0. The molecule has 0 radical (unpaired) electrons. The number of furan rings is 1. The van der Waals surface area contributed by atoms with Crippen LogP contribution in [0.2, 0.25) is 0 Å². The molecule has 1 saturated heterocycles. The maximum Gasteiger partial charge on any atom is 0.270 e. The van der Waals surface area contributed by atoms with Gasteiger partial charge >= 0.3 is 0 Å². The summed E-state index contributed by atoms with van der Waals surface area (Å²) in [6, 6.07) is 3.37. The molecule has 1 aliphatic rings. The van der Waals surface area contributed by atoms with Crippen molar-refractivity contribution in [2.24, 2.45) is 0 Å². The Morgan fingerprint density at radius 1 is 1.64 bits per heavy atom. The van der Waals surface area contributed by atoms with Gasteiger partial charge in [-0.3, -0.25) is 4.79 Å². The van der Waals surface area contributed by atoms with E-state index >= 15 is 0 Å². The Balaban J connectivity index is 1.60. The average Bonchev–Trinajstić information content (AvgIpc) is 3.26. The first-order valence-electron chi connectivity index (χ1n) is 7.18. The normalized spacial score (nSPS) is 20.7. The van der Waals surface area contributed by atoms with Crippen molar-refractivity contribution in [2.45, 2.75) is 31.5 Å². The van der Waals surface area contributed by atoms with Gasteiger partial charge in [-0.05, 0) is 31.9 Å². The van der Waals surface area contributed by atoms with Crippen LogP contribution in [0.15, 0.2) is 28.2 Å². The molecule has 2 aromatic heterocycles. The van der Waals surface area contributed by atoms with Gasteiger partial charge in [-0.15, -0.1) is 11.3 Å². The summed E-state index contributed by atoms with van der Waals surface area (Å²) < 4.78 is 10.7. The van der Waals surface area contributed by atoms with E-state index in [0.717, 1.165) is 24.5 Å². The zero-order valence-electron chi connectivity index (χ0n) is 12.2. The quantitative estimate of drug-likeness (QED) is 0.882. The van der Waals surface area contributed by atoms with Crippen molar-refractivity contribution < 1.29 is 19.1 Å². The summed E-state index contributed by atoms with van der Waals surface area (Å²) in [4.78, 5) is 16.5. The van der Waals surface area contributed by atoms with Crippen molar-refractivity contribution in [2.75, 3.05) is 13.2 Å². The summed E-state index contributed by atoms with van der Waals surface area (Å²) in [5.41, 5.74) is -0.905. The molecule has 1 fully saturated rings. The van der Waals surface area contributed by atoms with E-state index in [1.54, 1.807) is 24.4 Å². The van der Waals surface area contributed by atoms with Crippen molar-refractivity contribution in [3.8, 4) is 0 Å². The summed E-state index contributed by atoms with van der Waals surface area (Å²) in [5.74, 6) is 0.0958. The van der Waals surface area contributed by atoms with Crippen LogP contribution in [0, 0.1) is 0 Å². The number of thiazole rings is 1. The molecule has 2 unspecified atom stereocenters. The van der Waals surface area contributed by atoms with Gasteiger partial charge in [0.25, 0.3) is 5.91 Å². The molecule has 22 heavy (non-hydrogen) atoms. The number of aromatic nitrogens is 1. The summed E-state index contributed by atoms with van der Waals surface area (Å²) in [6.45, 7) is 2.38. The predicted molar refractivity (Wildman–Crippen MR) is 80.7 cm³/mol. The lowest BCUT2D eigenvalue weighted by Gasteiger charge is -2.20. The molecule has 3 rings (SSSR count). The Morgan fingerprint density at radius 2 is 2.50 bits per heavy atom. The Labute approximate surface area is 132 Å². The molecule has 6 nitrogen and oxygen atoms in total. The number of hydrogen-bond acceptors (Lipinski definition) is 6. The molecule has 0 bridgehead atoms. The number of nitrogens with one attached hydrogen (secondary N) is 1. The number of carbonyl (C=O) groups is 1. The molecular weight excluding hydrogens is 304 g/mol. The van der Waals surface area contributed by atoms with Crippen LogP contribution in [0.25, 0.3) is 0 Å². The number of aliphatic hydroxyl groups is 1. The highest BCUT2D eigenvalue weighted by atomic mass is 32.1. The molecule has 0 spiro atoms. The number of amides is 1. The first-order chi connectivity index (χ1) is 10.6. The lowest BCUT2D eigenvalue weighted by atomic mass is 10.0. The molecule has 0 saturated carbocycles. The van der Waals surface area contributed by atoms with Crippen LogP contribution in [0.5, 0.6) is 0 Å². The van der Waals surface area contributed by atoms with Crippen molar-refractivity contribution in [1.29, 1.82) is 0 Å². The number of rotatable bonds is 5. The monoisotopic (exact) mass is 322 g/mol. The Kier molecular flexibility index (Phi) is 4.28. The Morgan fingerprint density at radius 3 is 3.18 bits per heavy atom. The SMILES string of the molecule is CC(O)(CNC(=O)c1csc(C2CCCO2)n1)c1ccco1. The molecule has 0 aliphatic carbocycles. The molecule has 0 aromatic carbocycles. The number of hydrogen-bond donors (Lipinski definition) is 2. The van der Waals surface area contributed by atoms with Crippen LogP contribution in [0.3, 0.4) is 0 Å². The van der Waals surface area contributed by atoms with Gasteiger partial charge in [-0.1, -0.05) is 0 Å². The number of nitrogens with zero attached hydrogens (tertiary/aromatic N) is 1. The third-order valence-electron chi connectivity index (χ3n) is 3.60. The van der Waals surface area contributed by atoms with Gasteiger partial charge in [0.15, 0.2) is 0 Å². The second kappa shape index (κ2) is 6.20. The van der Waals surface area contributed by atoms with Gasteiger partial charge in [0.2, 0.25) is 0 Å². The second-order valence-electron chi connectivity index (χ2n) is 5.51. The highest BCUT2D eigenvalue weighted by molar-refractivity contribution is 7.09. The minimum atomic E-state index is -1.26. The molecule has 2 atom stereocenters. The van der Waals surface area contributed by atoms with E-state index in [4.69, 9.17) is 9.15 Å². The number of carbonyl (C=O) groups excluding carboxylic acids is 1. The molecule has 118 valence electrons.